The Morgan fingerprint density at radius 3 is 2.93 bits per heavy atom. The molecule has 1 aromatic rings. The second-order valence-corrected chi connectivity index (χ2v) is 3.63. The van der Waals surface area contributed by atoms with Crippen LogP contribution in [0.1, 0.15) is 24.9 Å². The standard InChI is InChI=1S/C11H20N2O/c1-10(12-6-4-8-14-3)11-5-7-13(2)9-11/h5,7,9-10,12H,4,6,8H2,1-3H3/t10-/m0/s1. The fraction of sp³-hybridized carbons (Fsp3) is 0.636. The smallest absolute Gasteiger partial charge is 0.0474 e. The van der Waals surface area contributed by atoms with Crippen LogP contribution in [-0.2, 0) is 11.8 Å². The van der Waals surface area contributed by atoms with Gasteiger partial charge in [0.05, 0.1) is 0 Å². The number of hydrogen-bond acceptors (Lipinski definition) is 2. The second-order valence-electron chi connectivity index (χ2n) is 3.63. The molecule has 0 saturated carbocycles. The molecular weight excluding hydrogens is 176 g/mol. The summed E-state index contributed by atoms with van der Waals surface area (Å²) in [6, 6.07) is 2.57. The van der Waals surface area contributed by atoms with Crippen molar-refractivity contribution in [2.24, 2.45) is 7.05 Å². The summed E-state index contributed by atoms with van der Waals surface area (Å²) in [5.74, 6) is 0. The van der Waals surface area contributed by atoms with E-state index in [0.717, 1.165) is 19.6 Å². The van der Waals surface area contributed by atoms with Gasteiger partial charge in [0.25, 0.3) is 0 Å². The Kier molecular flexibility index (Phi) is 4.70. The predicted molar refractivity (Wildman–Crippen MR) is 58.3 cm³/mol. The zero-order valence-corrected chi connectivity index (χ0v) is 9.29. The monoisotopic (exact) mass is 196 g/mol. The molecule has 0 radical (unpaired) electrons. The van der Waals surface area contributed by atoms with Crippen LogP contribution in [0.4, 0.5) is 0 Å². The van der Waals surface area contributed by atoms with Gasteiger partial charge in [-0.1, -0.05) is 0 Å². The molecule has 0 aliphatic heterocycles. The zero-order valence-electron chi connectivity index (χ0n) is 9.29. The van der Waals surface area contributed by atoms with Gasteiger partial charge in [0.1, 0.15) is 0 Å². The SMILES string of the molecule is COCCCN[C@@H](C)c1ccn(C)c1. The molecule has 1 atom stereocenters. The summed E-state index contributed by atoms with van der Waals surface area (Å²) < 4.78 is 7.06. The number of nitrogens with zero attached hydrogens (tertiary/aromatic N) is 1. The van der Waals surface area contributed by atoms with Crippen LogP contribution in [0.3, 0.4) is 0 Å². The van der Waals surface area contributed by atoms with Crippen LogP contribution in [-0.4, -0.2) is 24.8 Å². The average Bonchev–Trinajstić information content (AvgIpc) is 2.59. The Bertz CT molecular complexity index is 258. The first-order valence-electron chi connectivity index (χ1n) is 5.08. The number of nitrogens with one attached hydrogen (secondary N) is 1. The molecule has 1 heterocycles. The average molecular weight is 196 g/mol. The summed E-state index contributed by atoms with van der Waals surface area (Å²) in [5.41, 5.74) is 1.34. The highest BCUT2D eigenvalue weighted by molar-refractivity contribution is 5.14. The second kappa shape index (κ2) is 5.83. The van der Waals surface area contributed by atoms with Crippen molar-refractivity contribution in [1.82, 2.24) is 9.88 Å². The molecule has 3 heteroatoms. The molecule has 1 aromatic heterocycles. The van der Waals surface area contributed by atoms with Crippen molar-refractivity contribution >= 4 is 0 Å². The van der Waals surface area contributed by atoms with Crippen molar-refractivity contribution in [2.75, 3.05) is 20.3 Å². The number of hydrogen-bond donors (Lipinski definition) is 1. The molecule has 0 bridgehead atoms. The van der Waals surface area contributed by atoms with Gasteiger partial charge in [0, 0.05) is 39.2 Å². The maximum Gasteiger partial charge on any atom is 0.0474 e. The van der Waals surface area contributed by atoms with Gasteiger partial charge in [-0.05, 0) is 31.5 Å². The highest BCUT2D eigenvalue weighted by Crippen LogP contribution is 2.11. The molecule has 0 aromatic carbocycles. The maximum absolute atomic E-state index is 4.99. The van der Waals surface area contributed by atoms with Crippen molar-refractivity contribution in [2.45, 2.75) is 19.4 Å². The third kappa shape index (κ3) is 3.52. The Hall–Kier alpha value is -0.800. The lowest BCUT2D eigenvalue weighted by atomic mass is 10.2. The molecule has 14 heavy (non-hydrogen) atoms. The molecule has 0 amide bonds. The van der Waals surface area contributed by atoms with Gasteiger partial charge >= 0.3 is 0 Å². The number of rotatable bonds is 6. The lowest BCUT2D eigenvalue weighted by Crippen LogP contribution is -2.20. The molecule has 0 unspecified atom stereocenters. The Morgan fingerprint density at radius 2 is 2.36 bits per heavy atom. The highest BCUT2D eigenvalue weighted by atomic mass is 16.5. The Balaban J connectivity index is 2.25. The van der Waals surface area contributed by atoms with Gasteiger partial charge in [-0.25, -0.2) is 0 Å². The summed E-state index contributed by atoms with van der Waals surface area (Å²) in [6.45, 7) is 4.01. The first-order chi connectivity index (χ1) is 6.74. The minimum absolute atomic E-state index is 0.424. The minimum Gasteiger partial charge on any atom is -0.385 e. The molecule has 80 valence electrons. The summed E-state index contributed by atoms with van der Waals surface area (Å²) in [4.78, 5) is 0. The normalized spacial score (nSPS) is 13.1. The van der Waals surface area contributed by atoms with Gasteiger partial charge < -0.3 is 14.6 Å². The van der Waals surface area contributed by atoms with Crippen LogP contribution >= 0.6 is 0 Å². The van der Waals surface area contributed by atoms with E-state index in [9.17, 15) is 0 Å². The van der Waals surface area contributed by atoms with Crippen LogP contribution in [0.2, 0.25) is 0 Å². The van der Waals surface area contributed by atoms with E-state index in [4.69, 9.17) is 4.74 Å². The topological polar surface area (TPSA) is 26.2 Å². The van der Waals surface area contributed by atoms with Gasteiger partial charge in [-0.3, -0.25) is 0 Å². The number of ether oxygens (including phenoxy) is 1. The molecule has 1 rings (SSSR count). The van der Waals surface area contributed by atoms with E-state index in [0.29, 0.717) is 6.04 Å². The summed E-state index contributed by atoms with van der Waals surface area (Å²) in [6.07, 6.45) is 5.28. The Labute approximate surface area is 86.1 Å². The lowest BCUT2D eigenvalue weighted by molar-refractivity contribution is 0.193. The van der Waals surface area contributed by atoms with E-state index in [1.807, 2.05) is 7.05 Å². The highest BCUT2D eigenvalue weighted by Gasteiger charge is 2.04. The first-order valence-corrected chi connectivity index (χ1v) is 5.08. The van der Waals surface area contributed by atoms with E-state index in [2.05, 4.69) is 35.3 Å². The number of aryl methyl sites for hydroxylation is 1. The van der Waals surface area contributed by atoms with Crippen molar-refractivity contribution in [3.63, 3.8) is 0 Å². The van der Waals surface area contributed by atoms with Crippen LogP contribution in [0.15, 0.2) is 18.5 Å². The van der Waals surface area contributed by atoms with Gasteiger partial charge in [0.2, 0.25) is 0 Å². The van der Waals surface area contributed by atoms with Crippen molar-refractivity contribution in [3.05, 3.63) is 24.0 Å². The van der Waals surface area contributed by atoms with Crippen LogP contribution in [0.25, 0.3) is 0 Å². The fourth-order valence-corrected chi connectivity index (χ4v) is 1.43. The van der Waals surface area contributed by atoms with E-state index in [-0.39, 0.29) is 0 Å². The Morgan fingerprint density at radius 1 is 1.57 bits per heavy atom. The van der Waals surface area contributed by atoms with Crippen LogP contribution in [0, 0.1) is 0 Å². The first kappa shape index (κ1) is 11.3. The number of methoxy groups -OCH3 is 1. The third-order valence-electron chi connectivity index (χ3n) is 2.33. The lowest BCUT2D eigenvalue weighted by Gasteiger charge is -2.11. The largest absolute Gasteiger partial charge is 0.385 e. The molecule has 0 saturated heterocycles. The quantitative estimate of drug-likeness (QED) is 0.701. The minimum atomic E-state index is 0.424. The van der Waals surface area contributed by atoms with Crippen molar-refractivity contribution in [1.29, 1.82) is 0 Å². The fourth-order valence-electron chi connectivity index (χ4n) is 1.43. The van der Waals surface area contributed by atoms with Crippen LogP contribution in [0.5, 0.6) is 0 Å². The van der Waals surface area contributed by atoms with E-state index in [1.54, 1.807) is 7.11 Å². The number of aromatic nitrogens is 1. The molecule has 0 fully saturated rings. The van der Waals surface area contributed by atoms with Gasteiger partial charge in [-0.15, -0.1) is 0 Å². The van der Waals surface area contributed by atoms with Crippen molar-refractivity contribution in [3.8, 4) is 0 Å². The maximum atomic E-state index is 4.99. The summed E-state index contributed by atoms with van der Waals surface area (Å²) >= 11 is 0. The van der Waals surface area contributed by atoms with E-state index >= 15 is 0 Å². The predicted octanol–water partition coefficient (Wildman–Crippen LogP) is 1.71. The molecule has 0 aliphatic rings. The molecule has 3 nitrogen and oxygen atoms in total. The summed E-state index contributed by atoms with van der Waals surface area (Å²) in [5, 5.41) is 3.45. The van der Waals surface area contributed by atoms with Crippen molar-refractivity contribution < 1.29 is 4.74 Å². The molecular formula is C11H20N2O. The van der Waals surface area contributed by atoms with E-state index < -0.39 is 0 Å². The zero-order chi connectivity index (χ0) is 10.4. The van der Waals surface area contributed by atoms with Crippen LogP contribution < -0.4 is 5.32 Å². The molecule has 1 N–H and O–H groups in total. The van der Waals surface area contributed by atoms with Gasteiger partial charge in [-0.2, -0.15) is 0 Å². The van der Waals surface area contributed by atoms with Gasteiger partial charge in [0.15, 0.2) is 0 Å². The summed E-state index contributed by atoms with van der Waals surface area (Å²) in [7, 11) is 3.78. The molecule has 0 spiro atoms. The third-order valence-corrected chi connectivity index (χ3v) is 2.33. The van der Waals surface area contributed by atoms with E-state index in [1.165, 1.54) is 5.56 Å². The molecule has 0 aliphatic carbocycles.